The lowest BCUT2D eigenvalue weighted by atomic mass is 9.78. The number of rotatable bonds is 4. The van der Waals surface area contributed by atoms with Crippen LogP contribution < -0.4 is 10.6 Å². The second-order valence-electron chi connectivity index (χ2n) is 4.79. The highest BCUT2D eigenvalue weighted by Gasteiger charge is 2.62. The average molecular weight is 398 g/mol. The largest absolute Gasteiger partial charge is 0.371 e. The number of nitrogens with one attached hydrogen (secondary N) is 2. The molecule has 6 unspecified atom stereocenters. The van der Waals surface area contributed by atoms with Crippen molar-refractivity contribution in [2.24, 2.45) is 11.8 Å². The third-order valence-corrected chi connectivity index (χ3v) is 6.54. The molecule has 2 heterocycles. The van der Waals surface area contributed by atoms with Gasteiger partial charge in [-0.05, 0) is 13.8 Å². The highest BCUT2D eigenvalue weighted by Crippen LogP contribution is 2.49. The zero-order valence-electron chi connectivity index (χ0n) is 10.9. The Labute approximate surface area is 129 Å². The van der Waals surface area contributed by atoms with E-state index in [4.69, 9.17) is 4.74 Å². The Morgan fingerprint density at radius 2 is 1.32 bits per heavy atom. The van der Waals surface area contributed by atoms with Gasteiger partial charge in [0.1, 0.15) is 0 Å². The van der Waals surface area contributed by atoms with Crippen LogP contribution in [0.1, 0.15) is 13.8 Å². The predicted octanol–water partition coefficient (Wildman–Crippen LogP) is 0.799. The highest BCUT2D eigenvalue weighted by molar-refractivity contribution is 9.12. The first-order chi connectivity index (χ1) is 9.02. The number of hydrogen-bond acceptors (Lipinski definition) is 3. The molecule has 0 saturated carbocycles. The van der Waals surface area contributed by atoms with E-state index < -0.39 is 11.8 Å². The summed E-state index contributed by atoms with van der Waals surface area (Å²) in [4.78, 5) is 24.5. The minimum absolute atomic E-state index is 0.0517. The molecule has 2 bridgehead atoms. The fourth-order valence-electron chi connectivity index (χ4n) is 2.88. The molecule has 2 aliphatic heterocycles. The number of carbonyl (C=O) groups excluding carboxylic acids is 2. The fourth-order valence-corrected chi connectivity index (χ4v) is 4.39. The van der Waals surface area contributed by atoms with Crippen molar-refractivity contribution in [3.8, 4) is 0 Å². The van der Waals surface area contributed by atoms with Crippen molar-refractivity contribution in [1.82, 2.24) is 10.6 Å². The second kappa shape index (κ2) is 6.10. The van der Waals surface area contributed by atoms with Crippen LogP contribution in [0.25, 0.3) is 0 Å². The molecule has 0 spiro atoms. The van der Waals surface area contributed by atoms with Gasteiger partial charge in [0.2, 0.25) is 11.8 Å². The molecule has 2 rings (SSSR count). The van der Waals surface area contributed by atoms with Crippen LogP contribution in [-0.4, -0.2) is 46.8 Å². The Morgan fingerprint density at radius 1 is 0.947 bits per heavy atom. The molecule has 19 heavy (non-hydrogen) atoms. The number of fused-ring (bicyclic) bond motifs is 2. The normalized spacial score (nSPS) is 40.2. The van der Waals surface area contributed by atoms with Crippen molar-refractivity contribution in [2.75, 3.05) is 13.1 Å². The van der Waals surface area contributed by atoms with Gasteiger partial charge in [-0.1, -0.05) is 31.9 Å². The van der Waals surface area contributed by atoms with Crippen LogP contribution in [0.2, 0.25) is 0 Å². The van der Waals surface area contributed by atoms with Crippen LogP contribution in [0, 0.1) is 11.8 Å². The number of ether oxygens (including phenoxy) is 1. The minimum atomic E-state index is -0.422. The molecule has 2 amide bonds. The third-order valence-electron chi connectivity index (χ3n) is 3.65. The van der Waals surface area contributed by atoms with E-state index in [-0.39, 0.29) is 33.7 Å². The molecule has 0 aromatic rings. The zero-order chi connectivity index (χ0) is 14.2. The molecule has 0 radical (unpaired) electrons. The van der Waals surface area contributed by atoms with Gasteiger partial charge >= 0.3 is 0 Å². The van der Waals surface area contributed by atoms with Crippen molar-refractivity contribution >= 4 is 43.7 Å². The topological polar surface area (TPSA) is 67.4 Å². The molecule has 5 nitrogen and oxygen atoms in total. The maximum absolute atomic E-state index is 12.2. The van der Waals surface area contributed by atoms with E-state index in [1.807, 2.05) is 13.8 Å². The van der Waals surface area contributed by atoms with Crippen LogP contribution in [0.4, 0.5) is 0 Å². The quantitative estimate of drug-likeness (QED) is 0.689. The van der Waals surface area contributed by atoms with Crippen LogP contribution >= 0.6 is 31.9 Å². The molecule has 2 saturated heterocycles. The van der Waals surface area contributed by atoms with Gasteiger partial charge in [-0.15, -0.1) is 0 Å². The Kier molecular flexibility index (Phi) is 4.89. The van der Waals surface area contributed by atoms with Gasteiger partial charge in [0.25, 0.3) is 0 Å². The molecule has 2 N–H and O–H groups in total. The standard InChI is InChI=1S/C12H18Br2N2O3/c1-3-15-11(17)5-6(12(18)16-4-2)10-8(14)7(13)9(5)19-10/h5-10H,3-4H2,1-2H3,(H,15,17)(H,16,18). The van der Waals surface area contributed by atoms with Gasteiger partial charge in [0.15, 0.2) is 0 Å². The van der Waals surface area contributed by atoms with E-state index >= 15 is 0 Å². The first kappa shape index (κ1) is 15.3. The summed E-state index contributed by atoms with van der Waals surface area (Å²) in [6.07, 6.45) is -0.512. The summed E-state index contributed by atoms with van der Waals surface area (Å²) in [6.45, 7) is 4.84. The molecule has 2 fully saturated rings. The molecular formula is C12H18Br2N2O3. The Balaban J connectivity index is 2.22. The number of hydrogen-bond donors (Lipinski definition) is 2. The first-order valence-corrected chi connectivity index (χ1v) is 8.35. The van der Waals surface area contributed by atoms with Gasteiger partial charge in [0.05, 0.1) is 33.7 Å². The lowest BCUT2D eigenvalue weighted by molar-refractivity contribution is -0.134. The van der Waals surface area contributed by atoms with Crippen molar-refractivity contribution < 1.29 is 14.3 Å². The van der Waals surface area contributed by atoms with Crippen molar-refractivity contribution in [2.45, 2.75) is 35.7 Å². The van der Waals surface area contributed by atoms with Gasteiger partial charge in [0, 0.05) is 13.1 Å². The Morgan fingerprint density at radius 3 is 1.63 bits per heavy atom. The van der Waals surface area contributed by atoms with Crippen LogP contribution in [0.5, 0.6) is 0 Å². The summed E-state index contributed by atoms with van der Waals surface area (Å²) in [5.74, 6) is -1.05. The van der Waals surface area contributed by atoms with Crippen LogP contribution in [0.15, 0.2) is 0 Å². The van der Waals surface area contributed by atoms with E-state index in [1.54, 1.807) is 0 Å². The van der Waals surface area contributed by atoms with E-state index in [0.29, 0.717) is 13.1 Å². The molecule has 2 aliphatic rings. The lowest BCUT2D eigenvalue weighted by Crippen LogP contribution is -2.53. The van der Waals surface area contributed by atoms with Crippen molar-refractivity contribution in [1.29, 1.82) is 0 Å². The number of alkyl halides is 2. The summed E-state index contributed by atoms with van der Waals surface area (Å²) in [5.41, 5.74) is 0. The van der Waals surface area contributed by atoms with E-state index in [2.05, 4.69) is 42.5 Å². The van der Waals surface area contributed by atoms with Gasteiger partial charge in [-0.25, -0.2) is 0 Å². The molecule has 0 aliphatic carbocycles. The molecule has 0 aromatic carbocycles. The smallest absolute Gasteiger partial charge is 0.226 e. The Bertz CT molecular complexity index is 346. The summed E-state index contributed by atoms with van der Waals surface area (Å²) in [7, 11) is 0. The number of carbonyl (C=O) groups is 2. The van der Waals surface area contributed by atoms with E-state index in [1.165, 1.54) is 0 Å². The maximum atomic E-state index is 12.2. The van der Waals surface area contributed by atoms with Gasteiger partial charge < -0.3 is 15.4 Å². The molecule has 6 atom stereocenters. The summed E-state index contributed by atoms with van der Waals surface area (Å²) < 4.78 is 5.84. The van der Waals surface area contributed by atoms with Crippen LogP contribution in [-0.2, 0) is 14.3 Å². The predicted molar refractivity (Wildman–Crippen MR) is 78.4 cm³/mol. The molecule has 0 aromatic heterocycles. The van der Waals surface area contributed by atoms with E-state index in [9.17, 15) is 9.59 Å². The van der Waals surface area contributed by atoms with Crippen LogP contribution in [0.3, 0.4) is 0 Å². The summed E-state index contributed by atoms with van der Waals surface area (Å²) >= 11 is 7.11. The zero-order valence-corrected chi connectivity index (χ0v) is 14.0. The summed E-state index contributed by atoms with van der Waals surface area (Å²) in [6, 6.07) is 0. The lowest BCUT2D eigenvalue weighted by Gasteiger charge is -2.31. The SMILES string of the molecule is CCNC(=O)C1C2OC(C(Br)C2Br)C1C(=O)NCC. The first-order valence-electron chi connectivity index (χ1n) is 6.51. The number of halogens is 2. The second-order valence-corrected chi connectivity index (χ2v) is 6.91. The summed E-state index contributed by atoms with van der Waals surface area (Å²) in [5, 5.41) is 5.60. The highest BCUT2D eigenvalue weighted by atomic mass is 79.9. The number of amides is 2. The van der Waals surface area contributed by atoms with Gasteiger partial charge in [-0.2, -0.15) is 0 Å². The van der Waals surface area contributed by atoms with Crippen molar-refractivity contribution in [3.05, 3.63) is 0 Å². The molecule has 7 heteroatoms. The van der Waals surface area contributed by atoms with E-state index in [0.717, 1.165) is 0 Å². The fraction of sp³-hybridized carbons (Fsp3) is 0.833. The third kappa shape index (κ3) is 2.56. The average Bonchev–Trinajstić information content (AvgIpc) is 2.88. The Hall–Kier alpha value is -0.140. The molecule has 108 valence electrons. The minimum Gasteiger partial charge on any atom is -0.371 e. The van der Waals surface area contributed by atoms with Crippen molar-refractivity contribution in [3.63, 3.8) is 0 Å². The maximum Gasteiger partial charge on any atom is 0.226 e. The monoisotopic (exact) mass is 396 g/mol. The molecular weight excluding hydrogens is 380 g/mol. The van der Waals surface area contributed by atoms with Gasteiger partial charge in [-0.3, -0.25) is 9.59 Å².